The molecule has 0 atom stereocenters. The minimum absolute atomic E-state index is 0.293. The van der Waals surface area contributed by atoms with Crippen molar-refractivity contribution >= 4 is 5.97 Å². The topological polar surface area (TPSA) is 57.0 Å². The highest BCUT2D eigenvalue weighted by atomic mass is 16.5. The largest absolute Gasteiger partial charge is 0.464 e. The van der Waals surface area contributed by atoms with Crippen molar-refractivity contribution in [2.45, 2.75) is 38.6 Å². The first-order valence-electron chi connectivity index (χ1n) is 5.71. The second kappa shape index (κ2) is 4.63. The van der Waals surface area contributed by atoms with Gasteiger partial charge in [0.05, 0.1) is 19.3 Å². The van der Waals surface area contributed by atoms with Crippen LogP contribution in [0.3, 0.4) is 0 Å². The molecule has 0 saturated heterocycles. The summed E-state index contributed by atoms with van der Waals surface area (Å²) >= 11 is 0. The number of nitrogens with zero attached hydrogens (tertiary/aromatic N) is 3. The lowest BCUT2D eigenvalue weighted by Gasteiger charge is -2.25. The minimum atomic E-state index is -0.421. The van der Waals surface area contributed by atoms with Crippen LogP contribution in [0.5, 0.6) is 0 Å². The first-order valence-corrected chi connectivity index (χ1v) is 5.71. The van der Waals surface area contributed by atoms with Crippen molar-refractivity contribution < 1.29 is 9.53 Å². The zero-order valence-electron chi connectivity index (χ0n) is 9.72. The lowest BCUT2D eigenvalue weighted by Crippen LogP contribution is -2.19. The fourth-order valence-electron chi connectivity index (χ4n) is 2.12. The summed E-state index contributed by atoms with van der Waals surface area (Å²) in [5.41, 5.74) is 0.293. The average molecular weight is 223 g/mol. The van der Waals surface area contributed by atoms with Gasteiger partial charge in [0, 0.05) is 0 Å². The molecule has 1 aliphatic carbocycles. The molecular formula is C11H17N3O2. The third-order valence-corrected chi connectivity index (χ3v) is 3.22. The van der Waals surface area contributed by atoms with Gasteiger partial charge in [0.2, 0.25) is 0 Å². The van der Waals surface area contributed by atoms with Crippen molar-refractivity contribution in [3.63, 3.8) is 0 Å². The van der Waals surface area contributed by atoms with E-state index in [9.17, 15) is 4.79 Å². The second-order valence-corrected chi connectivity index (χ2v) is 4.46. The summed E-state index contributed by atoms with van der Waals surface area (Å²) in [6, 6.07) is 0.342. The van der Waals surface area contributed by atoms with E-state index in [2.05, 4.69) is 21.9 Å². The number of aromatic nitrogens is 3. The van der Waals surface area contributed by atoms with Gasteiger partial charge in [-0.25, -0.2) is 4.79 Å². The van der Waals surface area contributed by atoms with Crippen molar-refractivity contribution in [2.75, 3.05) is 7.11 Å². The van der Waals surface area contributed by atoms with Gasteiger partial charge in [-0.1, -0.05) is 6.92 Å². The summed E-state index contributed by atoms with van der Waals surface area (Å²) in [5.74, 6) is 0.377. The fraction of sp³-hybridized carbons (Fsp3) is 0.727. The van der Waals surface area contributed by atoms with Gasteiger partial charge in [0.1, 0.15) is 0 Å². The molecule has 1 fully saturated rings. The van der Waals surface area contributed by atoms with Gasteiger partial charge < -0.3 is 4.74 Å². The van der Waals surface area contributed by atoms with E-state index in [0.717, 1.165) is 18.8 Å². The number of carbonyl (C=O) groups is 1. The Morgan fingerprint density at radius 3 is 2.75 bits per heavy atom. The maximum Gasteiger partial charge on any atom is 0.360 e. The van der Waals surface area contributed by atoms with Crippen LogP contribution >= 0.6 is 0 Å². The summed E-state index contributed by atoms with van der Waals surface area (Å²) in [7, 11) is 1.35. The minimum Gasteiger partial charge on any atom is -0.464 e. The SMILES string of the molecule is COC(=O)c1cnn([C@H]2CC[C@H](C)CC2)n1. The number of rotatable bonds is 2. The first kappa shape index (κ1) is 11.1. The maximum absolute atomic E-state index is 11.2. The van der Waals surface area contributed by atoms with Crippen molar-refractivity contribution in [1.82, 2.24) is 15.0 Å². The summed E-state index contributed by atoms with van der Waals surface area (Å²) in [6.07, 6.45) is 6.08. The van der Waals surface area contributed by atoms with Crippen LogP contribution in [0, 0.1) is 5.92 Å². The quantitative estimate of drug-likeness (QED) is 0.717. The zero-order chi connectivity index (χ0) is 11.5. The van der Waals surface area contributed by atoms with Crippen LogP contribution in [0.2, 0.25) is 0 Å². The normalized spacial score (nSPS) is 25.4. The second-order valence-electron chi connectivity index (χ2n) is 4.46. The maximum atomic E-state index is 11.2. The molecule has 1 saturated carbocycles. The summed E-state index contributed by atoms with van der Waals surface area (Å²) in [4.78, 5) is 12.9. The van der Waals surface area contributed by atoms with E-state index in [0.29, 0.717) is 11.7 Å². The Kier molecular flexibility index (Phi) is 3.22. The zero-order valence-corrected chi connectivity index (χ0v) is 9.72. The molecule has 1 aromatic heterocycles. The van der Waals surface area contributed by atoms with Crippen LogP contribution in [0.4, 0.5) is 0 Å². The summed E-state index contributed by atoms with van der Waals surface area (Å²) in [5, 5.41) is 8.30. The number of ether oxygens (including phenoxy) is 1. The van der Waals surface area contributed by atoms with Crippen molar-refractivity contribution in [3.05, 3.63) is 11.9 Å². The number of hydrogen-bond acceptors (Lipinski definition) is 4. The first-order chi connectivity index (χ1) is 7.70. The predicted octanol–water partition coefficient (Wildman–Crippen LogP) is 1.82. The van der Waals surface area contributed by atoms with Crippen LogP contribution in [0.15, 0.2) is 6.20 Å². The Bertz CT molecular complexity index is 367. The van der Waals surface area contributed by atoms with E-state index in [4.69, 9.17) is 0 Å². The standard InChI is InChI=1S/C11H17N3O2/c1-8-3-5-9(6-4-8)14-12-7-10(13-14)11(15)16-2/h7-9H,3-6H2,1-2H3/t8-,9-. The van der Waals surface area contributed by atoms with Crippen molar-refractivity contribution in [3.8, 4) is 0 Å². The Morgan fingerprint density at radius 2 is 2.12 bits per heavy atom. The highest BCUT2D eigenvalue weighted by Gasteiger charge is 2.22. The van der Waals surface area contributed by atoms with Gasteiger partial charge in [-0.3, -0.25) is 0 Å². The van der Waals surface area contributed by atoms with Crippen LogP contribution < -0.4 is 0 Å². The molecular weight excluding hydrogens is 206 g/mol. The van der Waals surface area contributed by atoms with Crippen LogP contribution in [-0.4, -0.2) is 28.1 Å². The van der Waals surface area contributed by atoms with Crippen molar-refractivity contribution in [2.24, 2.45) is 5.92 Å². The molecule has 0 spiro atoms. The molecule has 0 N–H and O–H groups in total. The molecule has 1 aliphatic rings. The molecule has 2 rings (SSSR count). The number of hydrogen-bond donors (Lipinski definition) is 0. The smallest absolute Gasteiger partial charge is 0.360 e. The average Bonchev–Trinajstić information content (AvgIpc) is 2.78. The lowest BCUT2D eigenvalue weighted by atomic mass is 9.88. The predicted molar refractivity (Wildman–Crippen MR) is 58.0 cm³/mol. The molecule has 0 radical (unpaired) electrons. The lowest BCUT2D eigenvalue weighted by molar-refractivity contribution is 0.0592. The molecule has 16 heavy (non-hydrogen) atoms. The molecule has 0 bridgehead atoms. The van der Waals surface area contributed by atoms with E-state index in [1.54, 1.807) is 4.80 Å². The van der Waals surface area contributed by atoms with E-state index in [1.165, 1.54) is 26.1 Å². The van der Waals surface area contributed by atoms with Crippen LogP contribution in [-0.2, 0) is 4.74 Å². The van der Waals surface area contributed by atoms with E-state index >= 15 is 0 Å². The summed E-state index contributed by atoms with van der Waals surface area (Å²) in [6.45, 7) is 2.27. The highest BCUT2D eigenvalue weighted by Crippen LogP contribution is 2.30. The van der Waals surface area contributed by atoms with Gasteiger partial charge in [0.25, 0.3) is 0 Å². The Labute approximate surface area is 94.8 Å². The molecule has 1 aromatic rings. The van der Waals surface area contributed by atoms with Crippen molar-refractivity contribution in [1.29, 1.82) is 0 Å². The van der Waals surface area contributed by atoms with Gasteiger partial charge in [-0.15, -0.1) is 5.10 Å². The van der Waals surface area contributed by atoms with Gasteiger partial charge in [-0.05, 0) is 31.6 Å². The Morgan fingerprint density at radius 1 is 1.44 bits per heavy atom. The molecule has 88 valence electrons. The number of esters is 1. The van der Waals surface area contributed by atoms with Gasteiger partial charge >= 0.3 is 5.97 Å². The van der Waals surface area contributed by atoms with Gasteiger partial charge in [-0.2, -0.15) is 9.90 Å². The Balaban J connectivity index is 2.04. The van der Waals surface area contributed by atoms with Gasteiger partial charge in [0.15, 0.2) is 5.69 Å². The van der Waals surface area contributed by atoms with Crippen LogP contribution in [0.1, 0.15) is 49.1 Å². The molecule has 0 aliphatic heterocycles. The summed E-state index contributed by atoms with van der Waals surface area (Å²) < 4.78 is 4.60. The van der Waals surface area contributed by atoms with Crippen LogP contribution in [0.25, 0.3) is 0 Å². The molecule has 5 nitrogen and oxygen atoms in total. The molecule has 0 amide bonds. The van der Waals surface area contributed by atoms with E-state index in [1.807, 2.05) is 0 Å². The molecule has 0 unspecified atom stereocenters. The Hall–Kier alpha value is -1.39. The molecule has 0 aromatic carbocycles. The van der Waals surface area contributed by atoms with E-state index < -0.39 is 5.97 Å². The number of methoxy groups -OCH3 is 1. The third-order valence-electron chi connectivity index (χ3n) is 3.22. The monoisotopic (exact) mass is 223 g/mol. The third kappa shape index (κ3) is 2.23. The highest BCUT2D eigenvalue weighted by molar-refractivity contribution is 5.86. The molecule has 5 heteroatoms. The number of carbonyl (C=O) groups excluding carboxylic acids is 1. The molecule has 1 heterocycles. The fourth-order valence-corrected chi connectivity index (χ4v) is 2.12. The van der Waals surface area contributed by atoms with E-state index in [-0.39, 0.29) is 0 Å².